The summed E-state index contributed by atoms with van der Waals surface area (Å²) in [6.45, 7) is 1.38. The fourth-order valence-corrected chi connectivity index (χ4v) is 1.26. The number of anilines is 1. The van der Waals surface area contributed by atoms with E-state index in [1.165, 1.54) is 0 Å². The topological polar surface area (TPSA) is 58.6 Å². The zero-order chi connectivity index (χ0) is 11.1. The standard InChI is InChI=1S/C11H15NO3/c1-15-8-4-7-12-10-6-3-2-5-9(10)11(13)14/h2-3,5-6,12H,4,7-8H2,1H3,(H,13,14). The largest absolute Gasteiger partial charge is 0.478 e. The number of benzene rings is 1. The minimum Gasteiger partial charge on any atom is -0.478 e. The molecule has 0 aliphatic rings. The Balaban J connectivity index is 2.56. The molecule has 0 saturated carbocycles. The van der Waals surface area contributed by atoms with Gasteiger partial charge in [0, 0.05) is 25.9 Å². The number of rotatable bonds is 6. The molecule has 0 atom stereocenters. The van der Waals surface area contributed by atoms with E-state index in [0.29, 0.717) is 24.4 Å². The van der Waals surface area contributed by atoms with Gasteiger partial charge in [0.25, 0.3) is 0 Å². The molecule has 1 rings (SSSR count). The molecule has 0 radical (unpaired) electrons. The van der Waals surface area contributed by atoms with E-state index in [4.69, 9.17) is 9.84 Å². The number of ether oxygens (including phenoxy) is 1. The lowest BCUT2D eigenvalue weighted by molar-refractivity contribution is 0.0698. The van der Waals surface area contributed by atoms with Gasteiger partial charge in [0.15, 0.2) is 0 Å². The first-order chi connectivity index (χ1) is 7.25. The molecule has 0 amide bonds. The first-order valence-corrected chi connectivity index (χ1v) is 4.81. The van der Waals surface area contributed by atoms with Crippen molar-refractivity contribution in [3.05, 3.63) is 29.8 Å². The van der Waals surface area contributed by atoms with Crippen molar-refractivity contribution >= 4 is 11.7 Å². The fourth-order valence-electron chi connectivity index (χ4n) is 1.26. The van der Waals surface area contributed by atoms with Gasteiger partial charge < -0.3 is 15.2 Å². The smallest absolute Gasteiger partial charge is 0.337 e. The summed E-state index contributed by atoms with van der Waals surface area (Å²) < 4.78 is 4.90. The molecule has 2 N–H and O–H groups in total. The minimum absolute atomic E-state index is 0.301. The molecule has 1 aromatic carbocycles. The number of hydrogen-bond donors (Lipinski definition) is 2. The Hall–Kier alpha value is -1.55. The van der Waals surface area contributed by atoms with Crippen LogP contribution in [0, 0.1) is 0 Å². The van der Waals surface area contributed by atoms with Crippen LogP contribution in [0.2, 0.25) is 0 Å². The third-order valence-corrected chi connectivity index (χ3v) is 2.00. The summed E-state index contributed by atoms with van der Waals surface area (Å²) in [6, 6.07) is 6.87. The highest BCUT2D eigenvalue weighted by atomic mass is 16.5. The summed E-state index contributed by atoms with van der Waals surface area (Å²) in [5.74, 6) is -0.912. The Morgan fingerprint density at radius 3 is 2.87 bits per heavy atom. The number of hydrogen-bond acceptors (Lipinski definition) is 3. The van der Waals surface area contributed by atoms with Crippen molar-refractivity contribution in [2.24, 2.45) is 0 Å². The highest BCUT2D eigenvalue weighted by Gasteiger charge is 2.07. The average Bonchev–Trinajstić information content (AvgIpc) is 2.25. The summed E-state index contributed by atoms with van der Waals surface area (Å²) in [4.78, 5) is 10.8. The van der Waals surface area contributed by atoms with Gasteiger partial charge in [-0.25, -0.2) is 4.79 Å². The van der Waals surface area contributed by atoms with E-state index in [9.17, 15) is 4.79 Å². The van der Waals surface area contributed by atoms with E-state index in [1.807, 2.05) is 6.07 Å². The van der Waals surface area contributed by atoms with E-state index in [2.05, 4.69) is 5.32 Å². The number of para-hydroxylation sites is 1. The fraction of sp³-hybridized carbons (Fsp3) is 0.364. The van der Waals surface area contributed by atoms with Crippen LogP contribution in [0.5, 0.6) is 0 Å². The Morgan fingerprint density at radius 2 is 2.20 bits per heavy atom. The van der Waals surface area contributed by atoms with E-state index >= 15 is 0 Å². The van der Waals surface area contributed by atoms with Crippen molar-refractivity contribution in [1.82, 2.24) is 0 Å². The van der Waals surface area contributed by atoms with E-state index in [1.54, 1.807) is 25.3 Å². The van der Waals surface area contributed by atoms with Gasteiger partial charge >= 0.3 is 5.97 Å². The summed E-state index contributed by atoms with van der Waals surface area (Å²) in [5, 5.41) is 12.0. The first-order valence-electron chi connectivity index (χ1n) is 4.81. The summed E-state index contributed by atoms with van der Waals surface area (Å²) in [6.07, 6.45) is 0.852. The van der Waals surface area contributed by atoms with Crippen LogP contribution in [-0.4, -0.2) is 31.3 Å². The third kappa shape index (κ3) is 3.59. The van der Waals surface area contributed by atoms with Crippen molar-refractivity contribution in [2.45, 2.75) is 6.42 Å². The number of methoxy groups -OCH3 is 1. The van der Waals surface area contributed by atoms with Crippen LogP contribution in [0.25, 0.3) is 0 Å². The monoisotopic (exact) mass is 209 g/mol. The molecule has 0 heterocycles. The van der Waals surface area contributed by atoms with Crippen LogP contribution in [0.1, 0.15) is 16.8 Å². The first kappa shape index (κ1) is 11.5. The van der Waals surface area contributed by atoms with Crippen molar-refractivity contribution in [2.75, 3.05) is 25.6 Å². The van der Waals surface area contributed by atoms with Gasteiger partial charge in [0.05, 0.1) is 5.56 Å². The van der Waals surface area contributed by atoms with Crippen molar-refractivity contribution in [3.63, 3.8) is 0 Å². The maximum Gasteiger partial charge on any atom is 0.337 e. The molecule has 4 nitrogen and oxygen atoms in total. The van der Waals surface area contributed by atoms with E-state index < -0.39 is 5.97 Å². The van der Waals surface area contributed by atoms with Gasteiger partial charge in [-0.3, -0.25) is 0 Å². The van der Waals surface area contributed by atoms with E-state index in [0.717, 1.165) is 6.42 Å². The Kier molecular flexibility index (Phi) is 4.63. The molecule has 15 heavy (non-hydrogen) atoms. The van der Waals surface area contributed by atoms with Gasteiger partial charge in [0.2, 0.25) is 0 Å². The number of carboxylic acid groups (broad SMARTS) is 1. The molecule has 82 valence electrons. The van der Waals surface area contributed by atoms with Gasteiger partial charge in [-0.2, -0.15) is 0 Å². The van der Waals surface area contributed by atoms with Gasteiger partial charge in [-0.1, -0.05) is 12.1 Å². The number of aromatic carboxylic acids is 1. The summed E-state index contributed by atoms with van der Waals surface area (Å²) in [5.41, 5.74) is 0.955. The highest BCUT2D eigenvalue weighted by molar-refractivity contribution is 5.94. The van der Waals surface area contributed by atoms with Crippen molar-refractivity contribution < 1.29 is 14.6 Å². The third-order valence-electron chi connectivity index (χ3n) is 2.00. The molecule has 0 spiro atoms. The number of carboxylic acids is 1. The van der Waals surface area contributed by atoms with Gasteiger partial charge in [0.1, 0.15) is 0 Å². The maximum atomic E-state index is 10.8. The average molecular weight is 209 g/mol. The normalized spacial score (nSPS) is 9.93. The lowest BCUT2D eigenvalue weighted by Gasteiger charge is -2.08. The zero-order valence-corrected chi connectivity index (χ0v) is 8.69. The highest BCUT2D eigenvalue weighted by Crippen LogP contribution is 2.14. The van der Waals surface area contributed by atoms with Crippen molar-refractivity contribution in [1.29, 1.82) is 0 Å². The molecule has 0 aliphatic carbocycles. The quantitative estimate of drug-likeness (QED) is 0.702. The lowest BCUT2D eigenvalue weighted by atomic mass is 10.2. The molecule has 1 aromatic rings. The second kappa shape index (κ2) is 6.03. The maximum absolute atomic E-state index is 10.8. The predicted octanol–water partition coefficient (Wildman–Crippen LogP) is 1.83. The van der Waals surface area contributed by atoms with Gasteiger partial charge in [-0.15, -0.1) is 0 Å². The van der Waals surface area contributed by atoms with Crippen LogP contribution in [0.15, 0.2) is 24.3 Å². The molecule has 0 fully saturated rings. The molecule has 0 bridgehead atoms. The Labute approximate surface area is 88.9 Å². The molecule has 0 saturated heterocycles. The molecular formula is C11H15NO3. The minimum atomic E-state index is -0.912. The zero-order valence-electron chi connectivity index (χ0n) is 8.69. The molecule has 4 heteroatoms. The Bertz CT molecular complexity index is 325. The molecular weight excluding hydrogens is 194 g/mol. The lowest BCUT2D eigenvalue weighted by Crippen LogP contribution is -2.08. The number of nitrogens with one attached hydrogen (secondary N) is 1. The van der Waals surface area contributed by atoms with Crippen LogP contribution in [-0.2, 0) is 4.74 Å². The second-order valence-electron chi connectivity index (χ2n) is 3.12. The number of carbonyl (C=O) groups is 1. The van der Waals surface area contributed by atoms with Gasteiger partial charge in [-0.05, 0) is 18.6 Å². The summed E-state index contributed by atoms with van der Waals surface area (Å²) >= 11 is 0. The van der Waals surface area contributed by atoms with Crippen LogP contribution >= 0.6 is 0 Å². The predicted molar refractivity (Wildman–Crippen MR) is 58.4 cm³/mol. The SMILES string of the molecule is COCCCNc1ccccc1C(=O)O. The summed E-state index contributed by atoms with van der Waals surface area (Å²) in [7, 11) is 1.64. The molecule has 0 unspecified atom stereocenters. The second-order valence-corrected chi connectivity index (χ2v) is 3.12. The van der Waals surface area contributed by atoms with Crippen LogP contribution < -0.4 is 5.32 Å². The Morgan fingerprint density at radius 1 is 1.47 bits per heavy atom. The van der Waals surface area contributed by atoms with Crippen molar-refractivity contribution in [3.8, 4) is 0 Å². The molecule has 0 aromatic heterocycles. The van der Waals surface area contributed by atoms with Crippen LogP contribution in [0.4, 0.5) is 5.69 Å². The van der Waals surface area contributed by atoms with E-state index in [-0.39, 0.29) is 0 Å². The molecule has 0 aliphatic heterocycles. The van der Waals surface area contributed by atoms with Crippen LogP contribution in [0.3, 0.4) is 0 Å².